The second-order valence-electron chi connectivity index (χ2n) is 6.27. The highest BCUT2D eigenvalue weighted by Gasteiger charge is 2.09. The van der Waals surface area contributed by atoms with E-state index in [2.05, 4.69) is 15.6 Å². The Balaban J connectivity index is 1.41. The Morgan fingerprint density at radius 3 is 2.57 bits per heavy atom. The number of hydrogen-bond donors (Lipinski definition) is 2. The monoisotopic (exact) mass is 370 g/mol. The van der Waals surface area contributed by atoms with Crippen molar-refractivity contribution in [1.29, 1.82) is 0 Å². The third kappa shape index (κ3) is 3.91. The molecule has 2 amide bonds. The summed E-state index contributed by atoms with van der Waals surface area (Å²) in [4.78, 5) is 28.8. The molecule has 6 nitrogen and oxygen atoms in total. The molecular formula is C22H18N4O2. The summed E-state index contributed by atoms with van der Waals surface area (Å²) < 4.78 is 1.94. The van der Waals surface area contributed by atoms with Crippen molar-refractivity contribution in [3.8, 4) is 11.3 Å². The Bertz CT molecular complexity index is 1100. The molecule has 0 aliphatic heterocycles. The summed E-state index contributed by atoms with van der Waals surface area (Å²) in [6.07, 6.45) is 3.88. The maximum Gasteiger partial charge on any atom is 0.251 e. The van der Waals surface area contributed by atoms with Crippen LogP contribution in [0.4, 0.5) is 5.69 Å². The van der Waals surface area contributed by atoms with Gasteiger partial charge in [0, 0.05) is 29.2 Å². The van der Waals surface area contributed by atoms with Crippen molar-refractivity contribution in [3.05, 3.63) is 90.8 Å². The van der Waals surface area contributed by atoms with Crippen molar-refractivity contribution in [2.75, 3.05) is 11.9 Å². The number of hydrogen-bond acceptors (Lipinski definition) is 3. The van der Waals surface area contributed by atoms with Gasteiger partial charge in [-0.25, -0.2) is 4.98 Å². The summed E-state index contributed by atoms with van der Waals surface area (Å²) in [5.74, 6) is -0.578. The first-order valence-electron chi connectivity index (χ1n) is 8.86. The number of carbonyl (C=O) groups is 2. The van der Waals surface area contributed by atoms with Gasteiger partial charge in [0.15, 0.2) is 0 Å². The van der Waals surface area contributed by atoms with Crippen LogP contribution >= 0.6 is 0 Å². The van der Waals surface area contributed by atoms with E-state index >= 15 is 0 Å². The first-order valence-corrected chi connectivity index (χ1v) is 8.86. The fraction of sp³-hybridized carbons (Fsp3) is 0.0455. The number of carbonyl (C=O) groups excluding carboxylic acids is 2. The SMILES string of the molecule is O=C(CNC(=O)c1ccccc1)Nc1cccc(-c2cn3ccccc3n2)c1. The van der Waals surface area contributed by atoms with Gasteiger partial charge >= 0.3 is 0 Å². The second kappa shape index (κ2) is 7.75. The van der Waals surface area contributed by atoms with E-state index in [-0.39, 0.29) is 18.4 Å². The number of aromatic nitrogens is 2. The summed E-state index contributed by atoms with van der Waals surface area (Å²) in [6.45, 7) is -0.105. The second-order valence-corrected chi connectivity index (χ2v) is 6.27. The molecule has 2 heterocycles. The van der Waals surface area contributed by atoms with Crippen LogP contribution in [0.2, 0.25) is 0 Å². The molecule has 0 spiro atoms. The third-order valence-electron chi connectivity index (χ3n) is 4.25. The quantitative estimate of drug-likeness (QED) is 0.566. The Labute approximate surface area is 161 Å². The van der Waals surface area contributed by atoms with Gasteiger partial charge in [-0.3, -0.25) is 9.59 Å². The first kappa shape index (κ1) is 17.5. The Morgan fingerprint density at radius 1 is 0.929 bits per heavy atom. The molecule has 0 radical (unpaired) electrons. The number of imidazole rings is 1. The molecule has 2 aromatic carbocycles. The maximum atomic E-state index is 12.2. The van der Waals surface area contributed by atoms with Gasteiger partial charge in [-0.2, -0.15) is 0 Å². The topological polar surface area (TPSA) is 75.5 Å². The number of pyridine rings is 1. The lowest BCUT2D eigenvalue weighted by Crippen LogP contribution is -2.32. The van der Waals surface area contributed by atoms with Crippen molar-refractivity contribution in [2.45, 2.75) is 0 Å². The molecule has 0 aliphatic rings. The van der Waals surface area contributed by atoms with Crippen LogP contribution in [0, 0.1) is 0 Å². The number of rotatable bonds is 5. The van der Waals surface area contributed by atoms with E-state index in [1.54, 1.807) is 30.3 Å². The van der Waals surface area contributed by atoms with E-state index in [1.165, 1.54) is 0 Å². The van der Waals surface area contributed by atoms with E-state index in [1.807, 2.05) is 59.3 Å². The maximum absolute atomic E-state index is 12.2. The highest BCUT2D eigenvalue weighted by atomic mass is 16.2. The predicted octanol–water partition coefficient (Wildman–Crippen LogP) is 3.37. The van der Waals surface area contributed by atoms with E-state index in [0.29, 0.717) is 11.3 Å². The predicted molar refractivity (Wildman–Crippen MR) is 108 cm³/mol. The van der Waals surface area contributed by atoms with Gasteiger partial charge in [0.05, 0.1) is 12.2 Å². The lowest BCUT2D eigenvalue weighted by molar-refractivity contribution is -0.115. The van der Waals surface area contributed by atoms with Crippen LogP contribution in [-0.2, 0) is 4.79 Å². The van der Waals surface area contributed by atoms with Crippen LogP contribution in [0.3, 0.4) is 0 Å². The van der Waals surface area contributed by atoms with E-state index in [0.717, 1.165) is 16.9 Å². The van der Waals surface area contributed by atoms with Gasteiger partial charge in [0.1, 0.15) is 5.65 Å². The van der Waals surface area contributed by atoms with Gasteiger partial charge < -0.3 is 15.0 Å². The number of nitrogens with one attached hydrogen (secondary N) is 2. The molecule has 2 N–H and O–H groups in total. The van der Waals surface area contributed by atoms with Crippen LogP contribution in [0.1, 0.15) is 10.4 Å². The minimum absolute atomic E-state index is 0.105. The summed E-state index contributed by atoms with van der Waals surface area (Å²) in [7, 11) is 0. The summed E-state index contributed by atoms with van der Waals surface area (Å²) >= 11 is 0. The Morgan fingerprint density at radius 2 is 1.75 bits per heavy atom. The molecule has 0 unspecified atom stereocenters. The number of benzene rings is 2. The lowest BCUT2D eigenvalue weighted by atomic mass is 10.1. The third-order valence-corrected chi connectivity index (χ3v) is 4.25. The minimum Gasteiger partial charge on any atom is -0.343 e. The van der Waals surface area contributed by atoms with Gasteiger partial charge in [-0.1, -0.05) is 36.4 Å². The number of anilines is 1. The van der Waals surface area contributed by atoms with Crippen molar-refractivity contribution in [3.63, 3.8) is 0 Å². The zero-order chi connectivity index (χ0) is 19.3. The first-order chi connectivity index (χ1) is 13.7. The van der Waals surface area contributed by atoms with Crippen molar-refractivity contribution < 1.29 is 9.59 Å². The molecule has 138 valence electrons. The van der Waals surface area contributed by atoms with E-state index < -0.39 is 0 Å². The van der Waals surface area contributed by atoms with Crippen LogP contribution < -0.4 is 10.6 Å². The molecule has 0 aliphatic carbocycles. The molecule has 2 aromatic heterocycles. The molecule has 0 saturated carbocycles. The van der Waals surface area contributed by atoms with E-state index in [9.17, 15) is 9.59 Å². The number of fused-ring (bicyclic) bond motifs is 1. The van der Waals surface area contributed by atoms with Gasteiger partial charge in [-0.05, 0) is 36.4 Å². The summed E-state index contributed by atoms with van der Waals surface area (Å²) in [6, 6.07) is 22.1. The molecule has 0 fully saturated rings. The fourth-order valence-electron chi connectivity index (χ4n) is 2.89. The zero-order valence-corrected chi connectivity index (χ0v) is 15.0. The molecule has 6 heteroatoms. The summed E-state index contributed by atoms with van der Waals surface area (Å²) in [5, 5.41) is 5.42. The molecule has 28 heavy (non-hydrogen) atoms. The average molecular weight is 370 g/mol. The van der Waals surface area contributed by atoms with Crippen LogP contribution in [0.15, 0.2) is 85.2 Å². The van der Waals surface area contributed by atoms with Crippen molar-refractivity contribution in [1.82, 2.24) is 14.7 Å². The Kier molecular flexibility index (Phi) is 4.84. The van der Waals surface area contributed by atoms with Crippen LogP contribution in [0.5, 0.6) is 0 Å². The molecule has 0 saturated heterocycles. The minimum atomic E-state index is -0.295. The van der Waals surface area contributed by atoms with Gasteiger partial charge in [-0.15, -0.1) is 0 Å². The normalized spacial score (nSPS) is 10.6. The van der Waals surface area contributed by atoms with Crippen LogP contribution in [0.25, 0.3) is 16.9 Å². The molecule has 4 rings (SSSR count). The highest BCUT2D eigenvalue weighted by molar-refractivity contribution is 5.99. The van der Waals surface area contributed by atoms with E-state index in [4.69, 9.17) is 0 Å². The fourth-order valence-corrected chi connectivity index (χ4v) is 2.89. The molecule has 0 bridgehead atoms. The molecule has 4 aromatic rings. The van der Waals surface area contributed by atoms with Gasteiger partial charge in [0.25, 0.3) is 5.91 Å². The smallest absolute Gasteiger partial charge is 0.251 e. The zero-order valence-electron chi connectivity index (χ0n) is 15.0. The van der Waals surface area contributed by atoms with Crippen molar-refractivity contribution >= 4 is 23.1 Å². The Hall–Kier alpha value is -3.93. The number of nitrogens with zero attached hydrogens (tertiary/aromatic N) is 2. The highest BCUT2D eigenvalue weighted by Crippen LogP contribution is 2.22. The lowest BCUT2D eigenvalue weighted by Gasteiger charge is -2.08. The largest absolute Gasteiger partial charge is 0.343 e. The average Bonchev–Trinajstić information content (AvgIpc) is 3.17. The van der Waals surface area contributed by atoms with Crippen molar-refractivity contribution in [2.24, 2.45) is 0 Å². The van der Waals surface area contributed by atoms with Crippen LogP contribution in [-0.4, -0.2) is 27.7 Å². The molecular weight excluding hydrogens is 352 g/mol. The standard InChI is InChI=1S/C22H18N4O2/c27-21(14-23-22(28)16-7-2-1-3-8-16)24-18-10-6-9-17(13-18)19-15-26-12-5-4-11-20(26)25-19/h1-13,15H,14H2,(H,23,28)(H,24,27). The van der Waals surface area contributed by atoms with Gasteiger partial charge in [0.2, 0.25) is 5.91 Å². The molecule has 0 atom stereocenters. The summed E-state index contributed by atoms with van der Waals surface area (Å²) in [5.41, 5.74) is 3.74. The number of amides is 2.